The van der Waals surface area contributed by atoms with Gasteiger partial charge in [-0.3, -0.25) is 0 Å². The molecule has 2 fully saturated rings. The maximum absolute atomic E-state index is 5.60. The van der Waals surface area contributed by atoms with Crippen molar-refractivity contribution in [1.29, 1.82) is 0 Å². The normalized spacial score (nSPS) is 17.6. The largest absolute Gasteiger partial charge is 0.380 e. The Morgan fingerprint density at radius 2 is 0.500 bits per heavy atom. The molecule has 0 N–H and O–H groups in total. The lowest BCUT2D eigenvalue weighted by Gasteiger charge is -2.37. The second-order valence-electron chi connectivity index (χ2n) is 10.6. The van der Waals surface area contributed by atoms with Crippen molar-refractivity contribution in [3.05, 3.63) is 0 Å². The highest BCUT2D eigenvalue weighted by molar-refractivity contribution is 4.80. The first kappa shape index (κ1) is 35.7. The lowest BCUT2D eigenvalue weighted by atomic mass is 9.90. The molecule has 2 aliphatic rings. The standard InChI is InChI=1S/C28H54O12/c1-27(23-39-24-27)21-37-19-17-35-15-13-33-11-9-31-7-5-29-3-4-30-6-8-32-10-12-34-14-16-36-18-20-38-22-28(2)25-40-26-28/h3-26H2,1-2H3. The van der Waals surface area contributed by atoms with E-state index in [9.17, 15) is 0 Å². The van der Waals surface area contributed by atoms with E-state index in [4.69, 9.17) is 56.8 Å². The summed E-state index contributed by atoms with van der Waals surface area (Å²) in [6, 6.07) is 0. The molecule has 0 radical (unpaired) electrons. The fourth-order valence-electron chi connectivity index (χ4n) is 3.58. The van der Waals surface area contributed by atoms with Gasteiger partial charge in [-0.15, -0.1) is 0 Å². The van der Waals surface area contributed by atoms with Gasteiger partial charge >= 0.3 is 0 Å². The molecule has 12 heteroatoms. The molecule has 0 aromatic heterocycles. The van der Waals surface area contributed by atoms with Gasteiger partial charge in [-0.2, -0.15) is 0 Å². The van der Waals surface area contributed by atoms with Gasteiger partial charge in [0.2, 0.25) is 0 Å². The Morgan fingerprint density at radius 1 is 0.325 bits per heavy atom. The van der Waals surface area contributed by atoms with Gasteiger partial charge in [0.15, 0.2) is 0 Å². The molecular formula is C28H54O12. The molecule has 0 aromatic rings. The van der Waals surface area contributed by atoms with Gasteiger partial charge in [-0.25, -0.2) is 0 Å². The van der Waals surface area contributed by atoms with Crippen molar-refractivity contribution in [2.24, 2.45) is 10.8 Å². The molecule has 0 aliphatic carbocycles. The predicted octanol–water partition coefficient (Wildman–Crippen LogP) is 1.23. The molecule has 2 heterocycles. The van der Waals surface area contributed by atoms with Crippen molar-refractivity contribution in [2.75, 3.05) is 159 Å². The van der Waals surface area contributed by atoms with Crippen LogP contribution in [0.3, 0.4) is 0 Å². The molecule has 238 valence electrons. The monoisotopic (exact) mass is 582 g/mol. The predicted molar refractivity (Wildman–Crippen MR) is 146 cm³/mol. The van der Waals surface area contributed by atoms with E-state index in [1.807, 2.05) is 0 Å². The van der Waals surface area contributed by atoms with Crippen LogP contribution in [0, 0.1) is 10.8 Å². The summed E-state index contributed by atoms with van der Waals surface area (Å²) in [4.78, 5) is 0. The van der Waals surface area contributed by atoms with Crippen LogP contribution in [0.2, 0.25) is 0 Å². The van der Waals surface area contributed by atoms with Gasteiger partial charge in [0.1, 0.15) is 0 Å². The fourth-order valence-corrected chi connectivity index (χ4v) is 3.58. The molecule has 0 amide bonds. The molecule has 0 spiro atoms. The minimum Gasteiger partial charge on any atom is -0.380 e. The highest BCUT2D eigenvalue weighted by atomic mass is 16.6. The zero-order chi connectivity index (χ0) is 28.5. The van der Waals surface area contributed by atoms with Gasteiger partial charge in [-0.1, -0.05) is 13.8 Å². The molecule has 40 heavy (non-hydrogen) atoms. The Morgan fingerprint density at radius 3 is 0.650 bits per heavy atom. The first-order chi connectivity index (χ1) is 19.6. The third kappa shape index (κ3) is 19.6. The Bertz CT molecular complexity index is 511. The second-order valence-corrected chi connectivity index (χ2v) is 10.6. The molecule has 2 aliphatic heterocycles. The minimum absolute atomic E-state index is 0.187. The number of hydrogen-bond acceptors (Lipinski definition) is 12. The fraction of sp³-hybridized carbons (Fsp3) is 1.00. The molecule has 0 bridgehead atoms. The van der Waals surface area contributed by atoms with Gasteiger partial charge in [0.05, 0.1) is 159 Å². The van der Waals surface area contributed by atoms with E-state index < -0.39 is 0 Å². The Balaban J connectivity index is 1.13. The summed E-state index contributed by atoms with van der Waals surface area (Å²) in [5.74, 6) is 0. The third-order valence-electron chi connectivity index (χ3n) is 6.05. The van der Waals surface area contributed by atoms with Crippen LogP contribution < -0.4 is 0 Å². The Labute approximate surface area is 240 Å². The summed E-state index contributed by atoms with van der Waals surface area (Å²) in [5.41, 5.74) is 0.373. The first-order valence-electron chi connectivity index (χ1n) is 14.5. The van der Waals surface area contributed by atoms with Crippen molar-refractivity contribution >= 4 is 0 Å². The summed E-state index contributed by atoms with van der Waals surface area (Å²) in [6.07, 6.45) is 0. The van der Waals surface area contributed by atoms with E-state index in [0.29, 0.717) is 119 Å². The Kier molecular flexibility index (Phi) is 21.4. The van der Waals surface area contributed by atoms with Crippen LogP contribution in [0.15, 0.2) is 0 Å². The highest BCUT2D eigenvalue weighted by Crippen LogP contribution is 2.27. The average Bonchev–Trinajstić information content (AvgIpc) is 2.92. The maximum Gasteiger partial charge on any atom is 0.0701 e. The van der Waals surface area contributed by atoms with E-state index in [0.717, 1.165) is 39.6 Å². The molecule has 12 nitrogen and oxygen atoms in total. The number of ether oxygens (including phenoxy) is 12. The smallest absolute Gasteiger partial charge is 0.0701 e. The number of hydrogen-bond donors (Lipinski definition) is 0. The van der Waals surface area contributed by atoms with E-state index in [-0.39, 0.29) is 10.8 Å². The summed E-state index contributed by atoms with van der Waals surface area (Å²) in [6.45, 7) is 18.7. The van der Waals surface area contributed by atoms with Crippen LogP contribution in [-0.2, 0) is 56.8 Å². The van der Waals surface area contributed by atoms with Gasteiger partial charge < -0.3 is 56.8 Å². The lowest BCUT2D eigenvalue weighted by molar-refractivity contribution is -0.141. The summed E-state index contributed by atoms with van der Waals surface area (Å²) >= 11 is 0. The molecule has 0 aromatic carbocycles. The van der Waals surface area contributed by atoms with Crippen molar-refractivity contribution in [1.82, 2.24) is 0 Å². The topological polar surface area (TPSA) is 111 Å². The molecule has 2 rings (SSSR count). The maximum atomic E-state index is 5.60. The minimum atomic E-state index is 0.187. The summed E-state index contributed by atoms with van der Waals surface area (Å²) < 4.78 is 65.4. The zero-order valence-corrected chi connectivity index (χ0v) is 24.9. The zero-order valence-electron chi connectivity index (χ0n) is 24.9. The molecular weight excluding hydrogens is 528 g/mol. The number of rotatable bonds is 31. The van der Waals surface area contributed by atoms with Crippen LogP contribution in [0.4, 0.5) is 0 Å². The van der Waals surface area contributed by atoms with Crippen LogP contribution in [0.25, 0.3) is 0 Å². The van der Waals surface area contributed by atoms with Crippen molar-refractivity contribution in [3.8, 4) is 0 Å². The average molecular weight is 583 g/mol. The lowest BCUT2D eigenvalue weighted by Crippen LogP contribution is -2.43. The molecule has 0 saturated carbocycles. The van der Waals surface area contributed by atoms with Crippen LogP contribution in [-0.4, -0.2) is 159 Å². The van der Waals surface area contributed by atoms with Crippen molar-refractivity contribution in [3.63, 3.8) is 0 Å². The second kappa shape index (κ2) is 24.0. The first-order valence-corrected chi connectivity index (χ1v) is 14.5. The quantitative estimate of drug-likeness (QED) is 0.110. The summed E-state index contributed by atoms with van der Waals surface area (Å²) in [7, 11) is 0. The van der Waals surface area contributed by atoms with Crippen LogP contribution >= 0.6 is 0 Å². The molecule has 2 saturated heterocycles. The van der Waals surface area contributed by atoms with Crippen LogP contribution in [0.1, 0.15) is 13.8 Å². The third-order valence-corrected chi connectivity index (χ3v) is 6.05. The van der Waals surface area contributed by atoms with Gasteiger partial charge in [-0.05, 0) is 0 Å². The van der Waals surface area contributed by atoms with E-state index >= 15 is 0 Å². The molecule has 0 unspecified atom stereocenters. The SMILES string of the molecule is CC1(COCCOCCOCCOCCOCCOCCOCCOCCOCCOCC2(C)COC2)COC1. The van der Waals surface area contributed by atoms with E-state index in [2.05, 4.69) is 13.8 Å². The van der Waals surface area contributed by atoms with E-state index in [1.165, 1.54) is 0 Å². The summed E-state index contributed by atoms with van der Waals surface area (Å²) in [5, 5.41) is 0. The van der Waals surface area contributed by atoms with Crippen LogP contribution in [0.5, 0.6) is 0 Å². The van der Waals surface area contributed by atoms with Crippen molar-refractivity contribution in [2.45, 2.75) is 13.8 Å². The van der Waals surface area contributed by atoms with Gasteiger partial charge in [0.25, 0.3) is 0 Å². The highest BCUT2D eigenvalue weighted by Gasteiger charge is 2.34. The van der Waals surface area contributed by atoms with E-state index in [1.54, 1.807) is 0 Å². The molecule has 0 atom stereocenters. The van der Waals surface area contributed by atoms with Crippen molar-refractivity contribution < 1.29 is 56.8 Å². The Hall–Kier alpha value is -0.480. The van der Waals surface area contributed by atoms with Gasteiger partial charge in [0, 0.05) is 10.8 Å².